The largest absolute Gasteiger partial charge is 0.328 e. The molecular weight excluding hydrogens is 360 g/mol. The Hall–Kier alpha value is -4.20. The SMILES string of the molecule is O=c1ccc(-c2ccc(=O)[nH]c2)c[nH]1.O=c1ccc(-c2ccc(=O)[nH]c2)c[nH]1. The van der Waals surface area contributed by atoms with E-state index in [1.165, 1.54) is 24.3 Å². The Morgan fingerprint density at radius 3 is 0.714 bits per heavy atom. The van der Waals surface area contributed by atoms with Gasteiger partial charge < -0.3 is 19.9 Å². The second-order valence-electron chi connectivity index (χ2n) is 5.77. The summed E-state index contributed by atoms with van der Waals surface area (Å²) >= 11 is 0. The Morgan fingerprint density at radius 1 is 0.357 bits per heavy atom. The van der Waals surface area contributed by atoms with Crippen molar-refractivity contribution < 1.29 is 0 Å². The molecule has 0 fully saturated rings. The molecule has 8 heteroatoms. The van der Waals surface area contributed by atoms with Crippen LogP contribution in [-0.2, 0) is 0 Å². The first-order valence-electron chi connectivity index (χ1n) is 8.27. The van der Waals surface area contributed by atoms with E-state index in [9.17, 15) is 19.2 Å². The van der Waals surface area contributed by atoms with E-state index in [1.807, 2.05) is 0 Å². The van der Waals surface area contributed by atoms with Gasteiger partial charge in [0.15, 0.2) is 0 Å². The van der Waals surface area contributed by atoms with Crippen molar-refractivity contribution >= 4 is 0 Å². The Balaban J connectivity index is 0.000000161. The molecule has 0 aliphatic carbocycles. The number of nitrogens with one attached hydrogen (secondary N) is 4. The van der Waals surface area contributed by atoms with Gasteiger partial charge in [-0.25, -0.2) is 0 Å². The van der Waals surface area contributed by atoms with Crippen molar-refractivity contribution in [1.82, 2.24) is 19.9 Å². The average molecular weight is 376 g/mol. The minimum Gasteiger partial charge on any atom is -0.328 e. The third-order valence-electron chi connectivity index (χ3n) is 3.80. The van der Waals surface area contributed by atoms with Gasteiger partial charge in [-0.3, -0.25) is 19.2 Å². The molecule has 0 aliphatic heterocycles. The maximum atomic E-state index is 10.8. The zero-order chi connectivity index (χ0) is 19.9. The van der Waals surface area contributed by atoms with E-state index in [2.05, 4.69) is 19.9 Å². The first-order valence-corrected chi connectivity index (χ1v) is 8.27. The number of pyridine rings is 4. The van der Waals surface area contributed by atoms with Gasteiger partial charge in [0.25, 0.3) is 0 Å². The molecule has 0 atom stereocenters. The van der Waals surface area contributed by atoms with Crippen LogP contribution in [0.4, 0.5) is 0 Å². The lowest BCUT2D eigenvalue weighted by atomic mass is 10.1. The number of aromatic amines is 4. The number of rotatable bonds is 2. The fourth-order valence-corrected chi connectivity index (χ4v) is 2.36. The maximum Gasteiger partial charge on any atom is 0.247 e. The normalized spacial score (nSPS) is 10.0. The summed E-state index contributed by atoms with van der Waals surface area (Å²) in [6.45, 7) is 0. The van der Waals surface area contributed by atoms with E-state index < -0.39 is 0 Å². The van der Waals surface area contributed by atoms with Crippen LogP contribution in [0.5, 0.6) is 0 Å². The molecule has 0 spiro atoms. The van der Waals surface area contributed by atoms with Crippen LogP contribution in [0.2, 0.25) is 0 Å². The van der Waals surface area contributed by atoms with Crippen molar-refractivity contribution in [1.29, 1.82) is 0 Å². The number of hydrogen-bond acceptors (Lipinski definition) is 4. The van der Waals surface area contributed by atoms with Gasteiger partial charge in [0, 0.05) is 49.1 Å². The molecular formula is C20H16N4O4. The van der Waals surface area contributed by atoms with Gasteiger partial charge >= 0.3 is 0 Å². The Kier molecular flexibility index (Phi) is 5.61. The van der Waals surface area contributed by atoms with Gasteiger partial charge in [-0.1, -0.05) is 0 Å². The summed E-state index contributed by atoms with van der Waals surface area (Å²) in [4.78, 5) is 53.4. The third-order valence-corrected chi connectivity index (χ3v) is 3.80. The monoisotopic (exact) mass is 376 g/mol. The van der Waals surface area contributed by atoms with Crippen molar-refractivity contribution in [2.45, 2.75) is 0 Å². The fraction of sp³-hybridized carbons (Fsp3) is 0. The summed E-state index contributed by atoms with van der Waals surface area (Å²) in [5, 5.41) is 0. The lowest BCUT2D eigenvalue weighted by molar-refractivity contribution is 1.22. The zero-order valence-corrected chi connectivity index (χ0v) is 14.6. The van der Waals surface area contributed by atoms with Gasteiger partial charge in [0.1, 0.15) is 0 Å². The molecule has 0 unspecified atom stereocenters. The van der Waals surface area contributed by atoms with Crippen molar-refractivity contribution in [3.8, 4) is 22.3 Å². The molecule has 140 valence electrons. The predicted molar refractivity (Wildman–Crippen MR) is 106 cm³/mol. The molecule has 8 nitrogen and oxygen atoms in total. The van der Waals surface area contributed by atoms with Crippen LogP contribution in [0.25, 0.3) is 22.3 Å². The van der Waals surface area contributed by atoms with Crippen LogP contribution >= 0.6 is 0 Å². The summed E-state index contributed by atoms with van der Waals surface area (Å²) < 4.78 is 0. The number of H-pyrrole nitrogens is 4. The van der Waals surface area contributed by atoms with E-state index in [-0.39, 0.29) is 22.2 Å². The predicted octanol–water partition coefficient (Wildman–Crippen LogP) is 1.46. The molecule has 0 aromatic carbocycles. The molecule has 4 rings (SSSR count). The summed E-state index contributed by atoms with van der Waals surface area (Å²) in [5.74, 6) is 0. The minimum absolute atomic E-state index is 0.141. The molecule has 0 amide bonds. The van der Waals surface area contributed by atoms with E-state index in [4.69, 9.17) is 0 Å². The standard InChI is InChI=1S/2C10H8N2O2/c2*13-9-3-1-7(5-11-9)8-2-4-10(14)12-6-8/h2*1-6H,(H,11,13)(H,12,14). The minimum atomic E-state index is -0.141. The molecule has 0 bridgehead atoms. The van der Waals surface area contributed by atoms with Crippen molar-refractivity contribution in [3.05, 3.63) is 115 Å². The third kappa shape index (κ3) is 4.92. The van der Waals surface area contributed by atoms with Gasteiger partial charge in [0.2, 0.25) is 22.2 Å². The van der Waals surface area contributed by atoms with Crippen LogP contribution in [0.15, 0.2) is 92.5 Å². The molecule has 0 saturated carbocycles. The highest BCUT2D eigenvalue weighted by Crippen LogP contribution is 2.14. The second-order valence-corrected chi connectivity index (χ2v) is 5.77. The van der Waals surface area contributed by atoms with E-state index in [0.717, 1.165) is 22.3 Å². The average Bonchev–Trinajstić information content (AvgIpc) is 2.71. The second kappa shape index (κ2) is 8.45. The van der Waals surface area contributed by atoms with Crippen LogP contribution in [0.1, 0.15) is 0 Å². The van der Waals surface area contributed by atoms with Gasteiger partial charge in [-0.2, -0.15) is 0 Å². The van der Waals surface area contributed by atoms with Crippen LogP contribution < -0.4 is 22.2 Å². The Bertz CT molecular complexity index is 1030. The summed E-state index contributed by atoms with van der Waals surface area (Å²) in [6.07, 6.45) is 6.43. The first-order chi connectivity index (χ1) is 13.5. The molecule has 0 aliphatic rings. The lowest BCUT2D eigenvalue weighted by Gasteiger charge is -1.98. The topological polar surface area (TPSA) is 131 Å². The quantitative estimate of drug-likeness (QED) is 0.422. The number of aromatic nitrogens is 4. The summed E-state index contributed by atoms with van der Waals surface area (Å²) in [6, 6.07) is 12.6. The molecule has 4 N–H and O–H groups in total. The summed E-state index contributed by atoms with van der Waals surface area (Å²) in [7, 11) is 0. The Morgan fingerprint density at radius 2 is 0.571 bits per heavy atom. The fourth-order valence-electron chi connectivity index (χ4n) is 2.36. The first kappa shape index (κ1) is 18.6. The molecule has 0 saturated heterocycles. The summed E-state index contributed by atoms with van der Waals surface area (Å²) in [5.41, 5.74) is 2.89. The highest BCUT2D eigenvalue weighted by atomic mass is 16.1. The van der Waals surface area contributed by atoms with E-state index in [0.29, 0.717) is 0 Å². The van der Waals surface area contributed by atoms with E-state index in [1.54, 1.807) is 49.1 Å². The molecule has 4 aromatic heterocycles. The molecule has 4 aromatic rings. The smallest absolute Gasteiger partial charge is 0.247 e. The lowest BCUT2D eigenvalue weighted by Crippen LogP contribution is -2.03. The van der Waals surface area contributed by atoms with Gasteiger partial charge in [-0.05, 0) is 46.5 Å². The van der Waals surface area contributed by atoms with E-state index >= 15 is 0 Å². The maximum absolute atomic E-state index is 10.8. The van der Waals surface area contributed by atoms with Crippen LogP contribution in [0, 0.1) is 0 Å². The molecule has 4 heterocycles. The highest BCUT2D eigenvalue weighted by Gasteiger charge is 1.97. The van der Waals surface area contributed by atoms with Crippen molar-refractivity contribution in [2.75, 3.05) is 0 Å². The zero-order valence-electron chi connectivity index (χ0n) is 14.6. The number of hydrogen-bond donors (Lipinski definition) is 4. The van der Waals surface area contributed by atoms with Crippen LogP contribution in [0.3, 0.4) is 0 Å². The van der Waals surface area contributed by atoms with Crippen molar-refractivity contribution in [2.24, 2.45) is 0 Å². The van der Waals surface area contributed by atoms with Crippen molar-refractivity contribution in [3.63, 3.8) is 0 Å². The van der Waals surface area contributed by atoms with Gasteiger partial charge in [0.05, 0.1) is 0 Å². The molecule has 0 radical (unpaired) electrons. The van der Waals surface area contributed by atoms with Gasteiger partial charge in [-0.15, -0.1) is 0 Å². The Labute approximate surface area is 157 Å². The van der Waals surface area contributed by atoms with Crippen LogP contribution in [-0.4, -0.2) is 19.9 Å². The molecule has 28 heavy (non-hydrogen) atoms. The highest BCUT2D eigenvalue weighted by molar-refractivity contribution is 5.61.